The molecule has 0 aromatic heterocycles. The highest BCUT2D eigenvalue weighted by molar-refractivity contribution is 6.34. The van der Waals surface area contributed by atoms with Crippen LogP contribution in [0.2, 0.25) is 5.02 Å². The van der Waals surface area contributed by atoms with Crippen molar-refractivity contribution in [3.63, 3.8) is 0 Å². The first kappa shape index (κ1) is 18.3. The van der Waals surface area contributed by atoms with E-state index in [1.807, 2.05) is 0 Å². The Kier molecular flexibility index (Phi) is 5.49. The molecule has 0 unspecified atom stereocenters. The lowest BCUT2D eigenvalue weighted by molar-refractivity contribution is -0.139. The Bertz CT molecular complexity index is 669. The molecule has 1 aromatic rings. The Labute approximate surface area is 145 Å². The molecule has 2 rings (SSSR count). The highest BCUT2D eigenvalue weighted by atomic mass is 35.5. The second-order valence-electron chi connectivity index (χ2n) is 6.50. The molecule has 0 atom stereocenters. The minimum Gasteiger partial charge on any atom is -0.481 e. The van der Waals surface area contributed by atoms with Crippen molar-refractivity contribution in [2.45, 2.75) is 45.1 Å². The van der Waals surface area contributed by atoms with Gasteiger partial charge in [0.25, 0.3) is 5.91 Å². The predicted octanol–water partition coefficient (Wildman–Crippen LogP) is 3.06. The molecule has 3 N–H and O–H groups in total. The first-order valence-corrected chi connectivity index (χ1v) is 8.25. The molecular formula is C17H21ClN2O4. The van der Waals surface area contributed by atoms with E-state index in [0.29, 0.717) is 18.5 Å². The number of carbonyl (C=O) groups is 3. The third-order valence-electron chi connectivity index (χ3n) is 4.18. The fourth-order valence-corrected chi connectivity index (χ4v) is 2.81. The average molecular weight is 353 g/mol. The summed E-state index contributed by atoms with van der Waals surface area (Å²) < 4.78 is 0. The van der Waals surface area contributed by atoms with Crippen molar-refractivity contribution < 1.29 is 19.5 Å². The largest absolute Gasteiger partial charge is 0.481 e. The van der Waals surface area contributed by atoms with Crippen LogP contribution < -0.4 is 10.6 Å². The van der Waals surface area contributed by atoms with E-state index in [1.54, 1.807) is 19.9 Å². The number of rotatable bonds is 6. The summed E-state index contributed by atoms with van der Waals surface area (Å²) in [5, 5.41) is 14.8. The lowest BCUT2D eigenvalue weighted by atomic mass is 9.74. The number of carboxylic acids is 1. The zero-order chi connectivity index (χ0) is 17.9. The minimum atomic E-state index is -0.945. The van der Waals surface area contributed by atoms with Gasteiger partial charge in [-0.3, -0.25) is 14.4 Å². The number of halogens is 1. The highest BCUT2D eigenvalue weighted by Gasteiger charge is 2.40. The number of hydrogen-bond donors (Lipinski definition) is 3. The van der Waals surface area contributed by atoms with Crippen LogP contribution in [0.5, 0.6) is 0 Å². The molecule has 2 amide bonds. The first-order chi connectivity index (χ1) is 11.2. The summed E-state index contributed by atoms with van der Waals surface area (Å²) in [4.78, 5) is 35.3. The molecule has 1 fully saturated rings. The van der Waals surface area contributed by atoms with Gasteiger partial charge in [-0.1, -0.05) is 25.4 Å². The molecule has 0 spiro atoms. The summed E-state index contributed by atoms with van der Waals surface area (Å²) in [6.45, 7) is 3.54. The van der Waals surface area contributed by atoms with Gasteiger partial charge in [0.1, 0.15) is 0 Å². The summed E-state index contributed by atoms with van der Waals surface area (Å²) in [5.41, 5.74) is -0.0114. The maximum atomic E-state index is 12.5. The predicted molar refractivity (Wildman–Crippen MR) is 91.2 cm³/mol. The van der Waals surface area contributed by atoms with Crippen LogP contribution in [0.4, 0.5) is 5.69 Å². The van der Waals surface area contributed by atoms with Gasteiger partial charge in [0, 0.05) is 11.6 Å². The molecule has 0 heterocycles. The van der Waals surface area contributed by atoms with Gasteiger partial charge in [-0.25, -0.2) is 0 Å². The summed E-state index contributed by atoms with van der Waals surface area (Å²) in [6.07, 6.45) is 2.03. The molecule has 6 nitrogen and oxygen atoms in total. The topological polar surface area (TPSA) is 95.5 Å². The fraction of sp³-hybridized carbons (Fsp3) is 0.471. The van der Waals surface area contributed by atoms with Gasteiger partial charge in [-0.15, -0.1) is 0 Å². The molecule has 7 heteroatoms. The lowest BCUT2D eigenvalue weighted by Gasteiger charge is -2.41. The number of anilines is 1. The summed E-state index contributed by atoms with van der Waals surface area (Å²) in [7, 11) is 0. The molecule has 0 aliphatic heterocycles. The Hall–Kier alpha value is -2.08. The van der Waals surface area contributed by atoms with Gasteiger partial charge >= 0.3 is 5.97 Å². The van der Waals surface area contributed by atoms with E-state index in [1.165, 1.54) is 12.1 Å². The van der Waals surface area contributed by atoms with Crippen LogP contribution in [0.25, 0.3) is 0 Å². The van der Waals surface area contributed by atoms with Crippen molar-refractivity contribution in [1.82, 2.24) is 5.32 Å². The normalized spacial score (nSPS) is 15.5. The van der Waals surface area contributed by atoms with Crippen molar-refractivity contribution in [3.05, 3.63) is 28.8 Å². The number of nitrogens with one attached hydrogen (secondary N) is 2. The summed E-state index contributed by atoms with van der Waals surface area (Å²) >= 11 is 6.10. The van der Waals surface area contributed by atoms with Crippen molar-refractivity contribution >= 4 is 35.1 Å². The van der Waals surface area contributed by atoms with E-state index in [4.69, 9.17) is 16.7 Å². The van der Waals surface area contributed by atoms with Crippen LogP contribution in [0.3, 0.4) is 0 Å². The van der Waals surface area contributed by atoms with E-state index in [0.717, 1.165) is 6.42 Å². The van der Waals surface area contributed by atoms with Crippen molar-refractivity contribution in [1.29, 1.82) is 0 Å². The molecular weight excluding hydrogens is 332 g/mol. The van der Waals surface area contributed by atoms with E-state index in [-0.39, 0.29) is 28.8 Å². The van der Waals surface area contributed by atoms with Gasteiger partial charge in [-0.2, -0.15) is 0 Å². The van der Waals surface area contributed by atoms with Crippen LogP contribution in [0, 0.1) is 5.92 Å². The Morgan fingerprint density at radius 1 is 1.29 bits per heavy atom. The number of carbonyl (C=O) groups excluding carboxylic acids is 2. The van der Waals surface area contributed by atoms with E-state index in [9.17, 15) is 14.4 Å². The second-order valence-corrected chi connectivity index (χ2v) is 6.90. The number of aliphatic carboxylic acids is 1. The molecule has 1 aliphatic rings. The lowest BCUT2D eigenvalue weighted by Crippen LogP contribution is -2.54. The van der Waals surface area contributed by atoms with Crippen LogP contribution in [0.1, 0.15) is 49.9 Å². The third kappa shape index (κ3) is 4.26. The Morgan fingerprint density at radius 2 is 1.96 bits per heavy atom. The molecule has 1 aliphatic carbocycles. The van der Waals surface area contributed by atoms with E-state index < -0.39 is 17.4 Å². The van der Waals surface area contributed by atoms with Crippen molar-refractivity contribution in [2.24, 2.45) is 5.92 Å². The monoisotopic (exact) mass is 352 g/mol. The quantitative estimate of drug-likeness (QED) is 0.733. The van der Waals surface area contributed by atoms with Gasteiger partial charge in [0.05, 0.1) is 22.5 Å². The van der Waals surface area contributed by atoms with E-state index >= 15 is 0 Å². The van der Waals surface area contributed by atoms with Gasteiger partial charge in [0.15, 0.2) is 0 Å². The molecule has 0 bridgehead atoms. The Balaban J connectivity index is 2.16. The maximum absolute atomic E-state index is 12.5. The van der Waals surface area contributed by atoms with Gasteiger partial charge < -0.3 is 15.7 Å². The fourth-order valence-electron chi connectivity index (χ4n) is 2.61. The summed E-state index contributed by atoms with van der Waals surface area (Å²) in [6, 6.07) is 4.66. The number of benzene rings is 1. The van der Waals surface area contributed by atoms with Crippen LogP contribution >= 0.6 is 11.6 Å². The molecule has 24 heavy (non-hydrogen) atoms. The molecule has 1 saturated carbocycles. The van der Waals surface area contributed by atoms with Crippen molar-refractivity contribution in [3.8, 4) is 0 Å². The minimum absolute atomic E-state index is 0.111. The zero-order valence-corrected chi connectivity index (χ0v) is 14.4. The van der Waals surface area contributed by atoms with Gasteiger partial charge in [-0.05, 0) is 37.5 Å². The number of hydrogen-bond acceptors (Lipinski definition) is 3. The standard InChI is InChI=1S/C17H21ClN2O4/c1-10(2)15(23)19-11-4-5-13(18)12(8-11)16(24)20-17(6-3-7-17)9-14(21)22/h4-5,8,10H,3,6-7,9H2,1-2H3,(H,19,23)(H,20,24)(H,21,22). The number of amides is 2. The molecule has 130 valence electrons. The van der Waals surface area contributed by atoms with Crippen LogP contribution in [-0.2, 0) is 9.59 Å². The van der Waals surface area contributed by atoms with Gasteiger partial charge in [0.2, 0.25) is 5.91 Å². The molecule has 0 saturated heterocycles. The molecule has 1 aromatic carbocycles. The van der Waals surface area contributed by atoms with E-state index in [2.05, 4.69) is 10.6 Å². The zero-order valence-electron chi connectivity index (χ0n) is 13.7. The first-order valence-electron chi connectivity index (χ1n) is 7.87. The second kappa shape index (κ2) is 7.21. The summed E-state index contributed by atoms with van der Waals surface area (Å²) in [5.74, 6) is -1.72. The number of carboxylic acid groups (broad SMARTS) is 1. The smallest absolute Gasteiger partial charge is 0.305 e. The SMILES string of the molecule is CC(C)C(=O)Nc1ccc(Cl)c(C(=O)NC2(CC(=O)O)CCC2)c1. The van der Waals surface area contributed by atoms with Crippen LogP contribution in [-0.4, -0.2) is 28.4 Å². The Morgan fingerprint density at radius 3 is 2.46 bits per heavy atom. The average Bonchev–Trinajstić information content (AvgIpc) is 2.46. The maximum Gasteiger partial charge on any atom is 0.305 e. The van der Waals surface area contributed by atoms with Crippen molar-refractivity contribution in [2.75, 3.05) is 5.32 Å². The molecule has 0 radical (unpaired) electrons. The third-order valence-corrected chi connectivity index (χ3v) is 4.51. The highest BCUT2D eigenvalue weighted by Crippen LogP contribution is 2.35. The van der Waals surface area contributed by atoms with Crippen LogP contribution in [0.15, 0.2) is 18.2 Å².